The third-order valence-corrected chi connectivity index (χ3v) is 7.96. The number of ether oxygens (including phenoxy) is 1. The van der Waals surface area contributed by atoms with Gasteiger partial charge in [0.15, 0.2) is 0 Å². The quantitative estimate of drug-likeness (QED) is 0.124. The highest BCUT2D eigenvalue weighted by Gasteiger charge is 2.30. The van der Waals surface area contributed by atoms with E-state index in [0.29, 0.717) is 43.3 Å². The highest BCUT2D eigenvalue weighted by atomic mass is 35.5. The van der Waals surface area contributed by atoms with Gasteiger partial charge in [-0.05, 0) is 68.0 Å². The molecule has 0 saturated heterocycles. The number of carbonyl (C=O) groups is 3. The number of nitrogens with two attached hydrogens (primary N) is 1. The maximum atomic E-state index is 13.5. The summed E-state index contributed by atoms with van der Waals surface area (Å²) in [6, 6.07) is 8.85. The van der Waals surface area contributed by atoms with E-state index in [1.165, 1.54) is 12.1 Å². The largest absolute Gasteiger partial charge is 0.464 e. The Morgan fingerprint density at radius 3 is 2.21 bits per heavy atom. The van der Waals surface area contributed by atoms with E-state index in [4.69, 9.17) is 38.7 Å². The van der Waals surface area contributed by atoms with Gasteiger partial charge in [0.1, 0.15) is 23.7 Å². The van der Waals surface area contributed by atoms with Gasteiger partial charge in [-0.3, -0.25) is 9.59 Å². The topological polar surface area (TPSA) is 132 Å². The molecule has 10 nitrogen and oxygen atoms in total. The first kappa shape index (κ1) is 43.2. The lowest BCUT2D eigenvalue weighted by Crippen LogP contribution is -2.55. The van der Waals surface area contributed by atoms with Gasteiger partial charge < -0.3 is 30.6 Å². The average molecular weight is 753 g/mol. The number of imidazole rings is 1. The summed E-state index contributed by atoms with van der Waals surface area (Å²) in [5.41, 5.74) is 9.50. The number of hydrogen-bond donors (Lipinski definition) is 3. The summed E-state index contributed by atoms with van der Waals surface area (Å²) in [6.45, 7) is 7.00. The van der Waals surface area contributed by atoms with Crippen LogP contribution in [0.5, 0.6) is 0 Å². The van der Waals surface area contributed by atoms with Gasteiger partial charge in [-0.25, -0.2) is 14.2 Å². The molecule has 0 aliphatic carbocycles. The van der Waals surface area contributed by atoms with Crippen molar-refractivity contribution >= 4 is 82.5 Å². The van der Waals surface area contributed by atoms with E-state index >= 15 is 0 Å². The third-order valence-electron chi connectivity index (χ3n) is 7.62. The standard InChI is InChI=1S/C33H45Cl2FN6O4.2ClH/c1-5-46-33(45)26(11-13-30-38-27-20-24(10-12-29(27)41(30)4)42(16-14-34)17-15-35)39-32(44)28(18-21(2)3)40-31(43)25(37)19-22-6-8-23(36)9-7-22;;/h6-10,12,20-21,25-26,28H,5,11,13-19,37H2,1-4H3,(H,39,44)(H,40,43);2*1H/t25-,26-,28+;;/m0../s1. The fourth-order valence-corrected chi connectivity index (χ4v) is 5.63. The number of nitrogens with one attached hydrogen (secondary N) is 2. The second-order valence-corrected chi connectivity index (χ2v) is 12.4. The van der Waals surface area contributed by atoms with Crippen LogP contribution in [0.2, 0.25) is 0 Å². The number of rotatable bonds is 18. The fraction of sp³-hybridized carbons (Fsp3) is 0.515. The molecule has 1 aromatic heterocycles. The maximum Gasteiger partial charge on any atom is 0.328 e. The molecule has 0 aliphatic rings. The van der Waals surface area contributed by atoms with Crippen LogP contribution in [0.1, 0.15) is 45.0 Å². The van der Waals surface area contributed by atoms with Gasteiger partial charge >= 0.3 is 5.97 Å². The number of hydrogen-bond acceptors (Lipinski definition) is 7. The molecule has 1 heterocycles. The van der Waals surface area contributed by atoms with Crippen molar-refractivity contribution in [2.24, 2.45) is 18.7 Å². The van der Waals surface area contributed by atoms with Crippen molar-refractivity contribution in [2.45, 2.75) is 64.6 Å². The molecule has 4 N–H and O–H groups in total. The van der Waals surface area contributed by atoms with Crippen LogP contribution in [0.4, 0.5) is 10.1 Å². The first-order chi connectivity index (χ1) is 22.0. The van der Waals surface area contributed by atoms with E-state index in [-0.39, 0.29) is 56.0 Å². The molecular weight excluding hydrogens is 705 g/mol. The van der Waals surface area contributed by atoms with Crippen LogP contribution >= 0.6 is 48.0 Å². The number of carbonyl (C=O) groups excluding carboxylic acids is 3. The number of nitrogens with zero attached hydrogens (tertiary/aromatic N) is 3. The smallest absolute Gasteiger partial charge is 0.328 e. The van der Waals surface area contributed by atoms with Gasteiger partial charge in [-0.1, -0.05) is 26.0 Å². The Labute approximate surface area is 304 Å². The predicted octanol–water partition coefficient (Wildman–Crippen LogP) is 4.92. The van der Waals surface area contributed by atoms with Crippen LogP contribution < -0.4 is 21.3 Å². The van der Waals surface area contributed by atoms with E-state index in [0.717, 1.165) is 22.5 Å². The number of aromatic nitrogens is 2. The number of alkyl halides is 2. The minimum Gasteiger partial charge on any atom is -0.464 e. The van der Waals surface area contributed by atoms with Crippen molar-refractivity contribution in [3.63, 3.8) is 0 Å². The van der Waals surface area contributed by atoms with E-state index in [1.54, 1.807) is 19.1 Å². The van der Waals surface area contributed by atoms with E-state index in [9.17, 15) is 18.8 Å². The molecule has 0 radical (unpaired) electrons. The summed E-state index contributed by atoms with van der Waals surface area (Å²) in [5.74, 6) is -0.269. The van der Waals surface area contributed by atoms with Crippen LogP contribution in [0.3, 0.4) is 0 Å². The number of anilines is 1. The lowest BCUT2D eigenvalue weighted by Gasteiger charge is -2.25. The van der Waals surface area contributed by atoms with Crippen LogP contribution in [0.25, 0.3) is 11.0 Å². The van der Waals surface area contributed by atoms with Gasteiger partial charge in [0.2, 0.25) is 11.8 Å². The van der Waals surface area contributed by atoms with Crippen LogP contribution in [-0.4, -0.2) is 76.9 Å². The van der Waals surface area contributed by atoms with Crippen molar-refractivity contribution in [3.05, 3.63) is 59.7 Å². The van der Waals surface area contributed by atoms with Gasteiger partial charge in [0.25, 0.3) is 0 Å². The zero-order valence-electron chi connectivity index (χ0n) is 27.7. The highest BCUT2D eigenvalue weighted by molar-refractivity contribution is 6.18. The molecule has 3 atom stereocenters. The SMILES string of the molecule is CCOC(=O)[C@H](CCc1nc2cc(N(CCCl)CCCl)ccc2n1C)NC(=O)[C@@H](CC(C)C)NC(=O)[C@@H](N)Cc1ccc(F)cc1.Cl.Cl. The van der Waals surface area contributed by atoms with Gasteiger partial charge in [-0.2, -0.15) is 0 Å². The second-order valence-electron chi connectivity index (χ2n) is 11.6. The summed E-state index contributed by atoms with van der Waals surface area (Å²) in [6.07, 6.45) is 1.10. The maximum absolute atomic E-state index is 13.5. The highest BCUT2D eigenvalue weighted by Crippen LogP contribution is 2.24. The van der Waals surface area contributed by atoms with Crippen LogP contribution in [0, 0.1) is 11.7 Å². The number of fused-ring (bicyclic) bond motifs is 1. The van der Waals surface area contributed by atoms with Crippen LogP contribution in [-0.2, 0) is 39.0 Å². The molecule has 2 aromatic carbocycles. The van der Waals surface area contributed by atoms with Crippen molar-refractivity contribution in [2.75, 3.05) is 36.4 Å². The molecule has 3 aromatic rings. The molecule has 0 bridgehead atoms. The van der Waals surface area contributed by atoms with E-state index in [2.05, 4.69) is 15.5 Å². The molecule has 0 saturated carbocycles. The molecule has 48 heavy (non-hydrogen) atoms. The lowest BCUT2D eigenvalue weighted by molar-refractivity contribution is -0.147. The molecular formula is C33H47Cl4FN6O4. The summed E-state index contributed by atoms with van der Waals surface area (Å²) < 4.78 is 20.5. The van der Waals surface area contributed by atoms with Crippen molar-refractivity contribution < 1.29 is 23.5 Å². The predicted molar refractivity (Wildman–Crippen MR) is 195 cm³/mol. The Balaban J connectivity index is 0.00000576. The Kier molecular flexibility index (Phi) is 19.2. The summed E-state index contributed by atoms with van der Waals surface area (Å²) in [7, 11) is 1.90. The summed E-state index contributed by atoms with van der Waals surface area (Å²) >= 11 is 12.0. The number of benzene rings is 2. The molecule has 0 aliphatic heterocycles. The third kappa shape index (κ3) is 12.6. The number of esters is 1. The monoisotopic (exact) mass is 750 g/mol. The number of amides is 2. The average Bonchev–Trinajstić information content (AvgIpc) is 3.33. The Hall–Kier alpha value is -2.83. The zero-order chi connectivity index (χ0) is 33.8. The molecule has 0 fully saturated rings. The van der Waals surface area contributed by atoms with E-state index in [1.807, 2.05) is 43.7 Å². The van der Waals surface area contributed by atoms with Crippen molar-refractivity contribution in [1.29, 1.82) is 0 Å². The molecule has 15 heteroatoms. The molecule has 0 spiro atoms. The summed E-state index contributed by atoms with van der Waals surface area (Å²) in [4.78, 5) is 46.4. The number of halogens is 5. The molecule has 2 amide bonds. The molecule has 3 rings (SSSR count). The molecule has 268 valence electrons. The molecule has 0 unspecified atom stereocenters. The van der Waals surface area contributed by atoms with Gasteiger partial charge in [0, 0.05) is 44.0 Å². The Morgan fingerprint density at radius 2 is 1.62 bits per heavy atom. The second kappa shape index (κ2) is 21.3. The van der Waals surface area contributed by atoms with Crippen molar-refractivity contribution in [1.82, 2.24) is 20.2 Å². The van der Waals surface area contributed by atoms with Crippen LogP contribution in [0.15, 0.2) is 42.5 Å². The van der Waals surface area contributed by atoms with Gasteiger partial charge in [-0.15, -0.1) is 48.0 Å². The zero-order valence-corrected chi connectivity index (χ0v) is 30.9. The first-order valence-corrected chi connectivity index (χ1v) is 16.6. The normalized spacial score (nSPS) is 12.8. The Morgan fingerprint density at radius 1 is 1.00 bits per heavy atom. The van der Waals surface area contributed by atoms with E-state index < -0.39 is 35.9 Å². The first-order valence-electron chi connectivity index (χ1n) is 15.6. The van der Waals surface area contributed by atoms with Crippen molar-refractivity contribution in [3.8, 4) is 0 Å². The van der Waals surface area contributed by atoms with Gasteiger partial charge in [0.05, 0.1) is 23.7 Å². The number of aryl methyl sites for hydroxylation is 2. The fourth-order valence-electron chi connectivity index (χ4n) is 5.22. The minimum atomic E-state index is -0.967. The Bertz CT molecular complexity index is 1450. The minimum absolute atomic E-state index is 0. The lowest BCUT2D eigenvalue weighted by atomic mass is 10.0. The summed E-state index contributed by atoms with van der Waals surface area (Å²) in [5, 5.41) is 5.55.